The molecule has 2 aliphatic rings. The van der Waals surface area contributed by atoms with Crippen LogP contribution in [0.5, 0.6) is 0 Å². The molecule has 4 heteroatoms. The second-order valence-corrected chi connectivity index (χ2v) is 5.57. The van der Waals surface area contributed by atoms with Gasteiger partial charge in [-0.3, -0.25) is 0 Å². The van der Waals surface area contributed by atoms with E-state index in [9.17, 15) is 4.79 Å². The molecule has 0 aromatic rings. The van der Waals surface area contributed by atoms with Gasteiger partial charge in [0.25, 0.3) is 0 Å². The smallest absolute Gasteiger partial charge is 0.317 e. The van der Waals surface area contributed by atoms with Gasteiger partial charge in [0.2, 0.25) is 0 Å². The number of nitrogens with one attached hydrogen (secondary N) is 2. The standard InChI is InChI=1S/C13H25N3O/c1-11-3-2-8-16(10-11)13(17)15-7-5-12-4-6-14-9-12/h11-12,14H,2-10H2,1H3,(H,15,17). The second-order valence-electron chi connectivity index (χ2n) is 5.57. The van der Waals surface area contributed by atoms with E-state index in [2.05, 4.69) is 17.6 Å². The number of hydrogen-bond acceptors (Lipinski definition) is 2. The van der Waals surface area contributed by atoms with Gasteiger partial charge < -0.3 is 15.5 Å². The van der Waals surface area contributed by atoms with Crippen LogP contribution in [0.3, 0.4) is 0 Å². The van der Waals surface area contributed by atoms with Crippen LogP contribution in [-0.4, -0.2) is 43.7 Å². The highest BCUT2D eigenvalue weighted by Gasteiger charge is 2.21. The molecule has 17 heavy (non-hydrogen) atoms. The Labute approximate surface area is 104 Å². The minimum Gasteiger partial charge on any atom is -0.338 e. The van der Waals surface area contributed by atoms with Crippen molar-refractivity contribution in [2.45, 2.75) is 32.6 Å². The van der Waals surface area contributed by atoms with Crippen LogP contribution in [0.2, 0.25) is 0 Å². The van der Waals surface area contributed by atoms with Crippen molar-refractivity contribution in [3.8, 4) is 0 Å². The van der Waals surface area contributed by atoms with E-state index in [1.807, 2.05) is 4.90 Å². The van der Waals surface area contributed by atoms with Crippen molar-refractivity contribution >= 4 is 6.03 Å². The Morgan fingerprint density at radius 3 is 3.06 bits per heavy atom. The quantitative estimate of drug-likeness (QED) is 0.782. The summed E-state index contributed by atoms with van der Waals surface area (Å²) in [7, 11) is 0. The van der Waals surface area contributed by atoms with E-state index in [-0.39, 0.29) is 6.03 Å². The van der Waals surface area contributed by atoms with E-state index in [4.69, 9.17) is 0 Å². The summed E-state index contributed by atoms with van der Waals surface area (Å²) in [6, 6.07) is 0.141. The van der Waals surface area contributed by atoms with E-state index >= 15 is 0 Å². The van der Waals surface area contributed by atoms with Crippen LogP contribution >= 0.6 is 0 Å². The number of rotatable bonds is 3. The molecule has 0 bridgehead atoms. The lowest BCUT2D eigenvalue weighted by Gasteiger charge is -2.31. The molecule has 0 aliphatic carbocycles. The average Bonchev–Trinajstić information content (AvgIpc) is 2.82. The van der Waals surface area contributed by atoms with Crippen molar-refractivity contribution in [3.05, 3.63) is 0 Å². The number of carbonyl (C=O) groups is 1. The Hall–Kier alpha value is -0.770. The Morgan fingerprint density at radius 2 is 2.35 bits per heavy atom. The predicted molar refractivity (Wildman–Crippen MR) is 69.0 cm³/mol. The second kappa shape index (κ2) is 6.24. The summed E-state index contributed by atoms with van der Waals surface area (Å²) in [5.74, 6) is 1.42. The molecule has 2 fully saturated rings. The molecule has 4 nitrogen and oxygen atoms in total. The Balaban J connectivity index is 1.62. The first-order valence-corrected chi connectivity index (χ1v) is 6.99. The zero-order valence-electron chi connectivity index (χ0n) is 10.9. The molecule has 2 rings (SSSR count). The van der Waals surface area contributed by atoms with E-state index in [1.165, 1.54) is 12.8 Å². The van der Waals surface area contributed by atoms with Crippen LogP contribution in [0, 0.1) is 11.8 Å². The monoisotopic (exact) mass is 239 g/mol. The van der Waals surface area contributed by atoms with Crippen LogP contribution < -0.4 is 10.6 Å². The Bertz CT molecular complexity index is 251. The van der Waals surface area contributed by atoms with Gasteiger partial charge in [-0.1, -0.05) is 6.92 Å². The maximum atomic E-state index is 11.9. The highest BCUT2D eigenvalue weighted by Crippen LogP contribution is 2.15. The fourth-order valence-electron chi connectivity index (χ4n) is 2.83. The first-order chi connectivity index (χ1) is 8.25. The first kappa shape index (κ1) is 12.7. The largest absolute Gasteiger partial charge is 0.338 e. The summed E-state index contributed by atoms with van der Waals surface area (Å²) < 4.78 is 0. The van der Waals surface area contributed by atoms with Gasteiger partial charge >= 0.3 is 6.03 Å². The van der Waals surface area contributed by atoms with Crippen molar-refractivity contribution in [1.82, 2.24) is 15.5 Å². The first-order valence-electron chi connectivity index (χ1n) is 6.99. The average molecular weight is 239 g/mol. The topological polar surface area (TPSA) is 44.4 Å². The number of carbonyl (C=O) groups excluding carboxylic acids is 1. The minimum atomic E-state index is 0.141. The lowest BCUT2D eigenvalue weighted by Crippen LogP contribution is -2.45. The molecule has 2 amide bonds. The highest BCUT2D eigenvalue weighted by molar-refractivity contribution is 5.74. The van der Waals surface area contributed by atoms with Gasteiger partial charge in [0.1, 0.15) is 0 Å². The fourth-order valence-corrected chi connectivity index (χ4v) is 2.83. The summed E-state index contributed by atoms with van der Waals surface area (Å²) in [5, 5.41) is 6.42. The molecule has 2 N–H and O–H groups in total. The molecule has 2 unspecified atom stereocenters. The van der Waals surface area contributed by atoms with Gasteiger partial charge in [0.15, 0.2) is 0 Å². The molecular weight excluding hydrogens is 214 g/mol. The fraction of sp³-hybridized carbons (Fsp3) is 0.923. The third-order valence-corrected chi connectivity index (χ3v) is 3.94. The van der Waals surface area contributed by atoms with Crippen molar-refractivity contribution < 1.29 is 4.79 Å². The normalized spacial score (nSPS) is 29.4. The zero-order chi connectivity index (χ0) is 12.1. The van der Waals surface area contributed by atoms with E-state index in [0.717, 1.165) is 51.5 Å². The number of amides is 2. The van der Waals surface area contributed by atoms with Crippen molar-refractivity contribution in [2.75, 3.05) is 32.7 Å². The van der Waals surface area contributed by atoms with Gasteiger partial charge in [0, 0.05) is 19.6 Å². The molecular formula is C13H25N3O. The third kappa shape index (κ3) is 3.87. The number of urea groups is 1. The third-order valence-electron chi connectivity index (χ3n) is 3.94. The zero-order valence-corrected chi connectivity index (χ0v) is 10.9. The summed E-state index contributed by atoms with van der Waals surface area (Å²) in [5.41, 5.74) is 0. The molecule has 0 saturated carbocycles. The number of hydrogen-bond donors (Lipinski definition) is 2. The summed E-state index contributed by atoms with van der Waals surface area (Å²) in [6.07, 6.45) is 4.79. The summed E-state index contributed by atoms with van der Waals surface area (Å²) in [4.78, 5) is 13.9. The maximum absolute atomic E-state index is 11.9. The number of piperidine rings is 1. The SMILES string of the molecule is CC1CCCN(C(=O)NCCC2CCNC2)C1. The van der Waals surface area contributed by atoms with Crippen LogP contribution in [-0.2, 0) is 0 Å². The number of likely N-dealkylation sites (tertiary alicyclic amines) is 1. The number of nitrogens with zero attached hydrogens (tertiary/aromatic N) is 1. The van der Waals surface area contributed by atoms with Gasteiger partial charge in [-0.25, -0.2) is 4.79 Å². The van der Waals surface area contributed by atoms with E-state index in [0.29, 0.717) is 5.92 Å². The van der Waals surface area contributed by atoms with Crippen LogP contribution in [0.15, 0.2) is 0 Å². The van der Waals surface area contributed by atoms with Gasteiger partial charge in [0.05, 0.1) is 0 Å². The maximum Gasteiger partial charge on any atom is 0.317 e. The molecule has 2 aliphatic heterocycles. The van der Waals surface area contributed by atoms with Crippen molar-refractivity contribution in [2.24, 2.45) is 11.8 Å². The van der Waals surface area contributed by atoms with Crippen molar-refractivity contribution in [1.29, 1.82) is 0 Å². The molecule has 0 aromatic carbocycles. The lowest BCUT2D eigenvalue weighted by atomic mass is 10.0. The molecule has 0 spiro atoms. The lowest BCUT2D eigenvalue weighted by molar-refractivity contribution is 0.169. The van der Waals surface area contributed by atoms with E-state index in [1.54, 1.807) is 0 Å². The van der Waals surface area contributed by atoms with Crippen LogP contribution in [0.1, 0.15) is 32.6 Å². The van der Waals surface area contributed by atoms with Crippen molar-refractivity contribution in [3.63, 3.8) is 0 Å². The molecule has 0 aromatic heterocycles. The van der Waals surface area contributed by atoms with Gasteiger partial charge in [-0.15, -0.1) is 0 Å². The van der Waals surface area contributed by atoms with E-state index < -0.39 is 0 Å². The van der Waals surface area contributed by atoms with Crippen LogP contribution in [0.4, 0.5) is 4.79 Å². The Morgan fingerprint density at radius 1 is 1.47 bits per heavy atom. The molecule has 2 heterocycles. The van der Waals surface area contributed by atoms with Crippen LogP contribution in [0.25, 0.3) is 0 Å². The Kier molecular flexibility index (Phi) is 4.66. The molecule has 2 saturated heterocycles. The molecule has 2 atom stereocenters. The minimum absolute atomic E-state index is 0.141. The van der Waals surface area contributed by atoms with Gasteiger partial charge in [-0.05, 0) is 50.6 Å². The highest BCUT2D eigenvalue weighted by atomic mass is 16.2. The summed E-state index contributed by atoms with van der Waals surface area (Å²) >= 11 is 0. The summed E-state index contributed by atoms with van der Waals surface area (Å²) in [6.45, 7) is 7.18. The van der Waals surface area contributed by atoms with Gasteiger partial charge in [-0.2, -0.15) is 0 Å². The predicted octanol–water partition coefficient (Wildman–Crippen LogP) is 1.43. The molecule has 98 valence electrons. The molecule has 0 radical (unpaired) electrons.